The molecule has 3 fully saturated rings. The highest BCUT2D eigenvalue weighted by Gasteiger charge is 2.74. The molecule has 12 nitrogen and oxygen atoms in total. The number of hydrogen-bond acceptors (Lipinski definition) is 10. The Morgan fingerprint density at radius 1 is 1.09 bits per heavy atom. The van der Waals surface area contributed by atoms with Crippen LogP contribution in [0.15, 0.2) is 48.6 Å². The third-order valence-corrected chi connectivity index (χ3v) is 14.7. The summed E-state index contributed by atoms with van der Waals surface area (Å²) in [7, 11) is 5.04. The fraction of sp³-hybridized carbons (Fsp3) is 0.571. The van der Waals surface area contributed by atoms with Crippen molar-refractivity contribution in [3.63, 3.8) is 0 Å². The minimum Gasteiger partial charge on any atom is -0.496 e. The number of esters is 1. The summed E-state index contributed by atoms with van der Waals surface area (Å²) in [4.78, 5) is 39.7. The quantitative estimate of drug-likeness (QED) is 0.0868. The predicted molar refractivity (Wildman–Crippen MR) is 205 cm³/mol. The highest BCUT2D eigenvalue weighted by Crippen LogP contribution is 2.67. The Morgan fingerprint density at radius 3 is 2.63 bits per heavy atom. The lowest BCUT2D eigenvalue weighted by Gasteiger charge is -2.60. The van der Waals surface area contributed by atoms with Crippen molar-refractivity contribution < 1.29 is 29.3 Å². The second-order valence-electron chi connectivity index (χ2n) is 17.5. The second kappa shape index (κ2) is 12.0. The maximum absolute atomic E-state index is 15.2. The number of likely N-dealkylation sites (N-methyl/N-ethyl adjacent to an activating group) is 1. The molecule has 54 heavy (non-hydrogen) atoms. The van der Waals surface area contributed by atoms with Gasteiger partial charge >= 0.3 is 5.97 Å². The van der Waals surface area contributed by atoms with Gasteiger partial charge in [0.25, 0.3) is 5.91 Å². The number of para-hydroxylation sites is 1. The first-order chi connectivity index (χ1) is 25.8. The van der Waals surface area contributed by atoms with Gasteiger partial charge < -0.3 is 29.6 Å². The van der Waals surface area contributed by atoms with E-state index in [1.54, 1.807) is 7.11 Å². The predicted octanol–water partition coefficient (Wildman–Crippen LogP) is 2.88. The topological polar surface area (TPSA) is 157 Å². The number of anilines is 1. The maximum atomic E-state index is 15.2. The molecule has 9 rings (SSSR count). The van der Waals surface area contributed by atoms with Crippen LogP contribution in [0.2, 0.25) is 0 Å². The zero-order valence-corrected chi connectivity index (χ0v) is 32.1. The van der Waals surface area contributed by atoms with Gasteiger partial charge in [-0.1, -0.05) is 44.2 Å². The molecule has 0 radical (unpaired) electrons. The van der Waals surface area contributed by atoms with Gasteiger partial charge in [-0.05, 0) is 74.2 Å². The van der Waals surface area contributed by atoms with Gasteiger partial charge in [0.1, 0.15) is 11.2 Å². The van der Waals surface area contributed by atoms with E-state index in [9.17, 15) is 15.0 Å². The Hall–Kier alpha value is -3.94. The molecule has 5 aliphatic heterocycles. The van der Waals surface area contributed by atoms with E-state index in [0.29, 0.717) is 50.0 Å². The number of carbonyl (C=O) groups excluding carboxylic acids is 2. The summed E-state index contributed by atoms with van der Waals surface area (Å²) in [5.74, 6) is 5.32. The molecule has 1 aromatic heterocycles. The number of nitrogens with zero attached hydrogens (tertiary/aromatic N) is 3. The number of methoxy groups -OCH3 is 2. The molecule has 288 valence electrons. The van der Waals surface area contributed by atoms with E-state index in [0.717, 1.165) is 59.6 Å². The van der Waals surface area contributed by atoms with Crippen LogP contribution < -0.4 is 20.9 Å². The summed E-state index contributed by atoms with van der Waals surface area (Å²) >= 11 is 0. The fourth-order valence-electron chi connectivity index (χ4n) is 12.9. The average molecular weight is 739 g/mol. The van der Waals surface area contributed by atoms with Crippen molar-refractivity contribution in [2.45, 2.75) is 86.5 Å². The molecule has 2 bridgehead atoms. The number of rotatable bonds is 5. The lowest BCUT2D eigenvalue weighted by molar-refractivity contribution is -0.158. The zero-order chi connectivity index (χ0) is 38.0. The number of benzene rings is 2. The minimum absolute atomic E-state index is 0.0273. The van der Waals surface area contributed by atoms with Crippen molar-refractivity contribution in [3.8, 4) is 5.75 Å². The molecule has 1 aliphatic carbocycles. The first-order valence-electron chi connectivity index (χ1n) is 19.6. The Labute approximate surface area is 316 Å². The van der Waals surface area contributed by atoms with Crippen LogP contribution in [-0.2, 0) is 31.6 Å². The van der Waals surface area contributed by atoms with Crippen LogP contribution in [-0.4, -0.2) is 114 Å². The molecule has 12 heteroatoms. The van der Waals surface area contributed by atoms with E-state index in [1.807, 2.05) is 32.2 Å². The van der Waals surface area contributed by atoms with Crippen LogP contribution in [0.1, 0.15) is 68.3 Å². The van der Waals surface area contributed by atoms with Crippen LogP contribution in [0.5, 0.6) is 5.75 Å². The minimum atomic E-state index is -1.82. The number of aromatic nitrogens is 1. The smallest absolute Gasteiger partial charge is 0.322 e. The first kappa shape index (κ1) is 35.7. The third kappa shape index (κ3) is 4.54. The number of carbonyl (C=O) groups is 2. The van der Waals surface area contributed by atoms with Crippen LogP contribution in [0.4, 0.5) is 5.69 Å². The molecule has 1 spiro atoms. The number of hydrogen-bond donors (Lipinski definition) is 5. The van der Waals surface area contributed by atoms with Gasteiger partial charge in [0.2, 0.25) is 0 Å². The van der Waals surface area contributed by atoms with Gasteiger partial charge in [0.15, 0.2) is 5.60 Å². The van der Waals surface area contributed by atoms with Gasteiger partial charge in [0, 0.05) is 84.0 Å². The lowest BCUT2D eigenvalue weighted by Crippen LogP contribution is -2.75. The number of fused-ring (bicyclic) bond motifs is 6. The van der Waals surface area contributed by atoms with Crippen LogP contribution in [0.3, 0.4) is 0 Å². The molecule has 1 amide bonds. The van der Waals surface area contributed by atoms with Gasteiger partial charge in [-0.25, -0.2) is 5.84 Å². The van der Waals surface area contributed by atoms with Crippen LogP contribution in [0, 0.1) is 11.3 Å². The molecule has 2 aromatic carbocycles. The number of H-pyrrole nitrogens is 1. The molecule has 6 heterocycles. The monoisotopic (exact) mass is 738 g/mol. The van der Waals surface area contributed by atoms with E-state index < -0.39 is 45.4 Å². The SMILES string of the molecule is CC[C@]1(O)C[C@@H]2CN(CCc3c([nH]c4ccccc34)[C@@](C(=O)OC)(c3cc4c(cc3OC)N(C)[C@@H]3[C@]45CCN4CC=C[C@@](C)(C[C@]3(O)C(=O)NN)[C@H]45)C2)C1. The van der Waals surface area contributed by atoms with E-state index in [2.05, 4.69) is 62.4 Å². The number of aromatic amines is 1. The zero-order valence-electron chi connectivity index (χ0n) is 32.1. The number of aliphatic hydroxyl groups is 2. The molecular weight excluding hydrogens is 684 g/mol. The van der Waals surface area contributed by atoms with Crippen molar-refractivity contribution in [2.24, 2.45) is 17.2 Å². The van der Waals surface area contributed by atoms with Crippen molar-refractivity contribution in [3.05, 3.63) is 70.9 Å². The number of ether oxygens (including phenoxy) is 2. The molecule has 2 saturated heterocycles. The Kier molecular flexibility index (Phi) is 7.96. The molecule has 6 N–H and O–H groups in total. The Balaban J connectivity index is 1.35. The number of hydrazine groups is 1. The average Bonchev–Trinajstić information content (AvgIpc) is 3.82. The first-order valence-corrected chi connectivity index (χ1v) is 19.6. The second-order valence-corrected chi connectivity index (χ2v) is 17.5. The third-order valence-electron chi connectivity index (χ3n) is 14.7. The lowest BCUT2D eigenvalue weighted by atomic mass is 9.50. The molecular formula is C42H54N6O6. The molecule has 9 atom stereocenters. The maximum Gasteiger partial charge on any atom is 0.322 e. The van der Waals surface area contributed by atoms with E-state index in [-0.39, 0.29) is 18.4 Å². The Bertz CT molecular complexity index is 2080. The van der Waals surface area contributed by atoms with Crippen molar-refractivity contribution in [2.75, 3.05) is 58.9 Å². The number of amides is 1. The molecule has 1 saturated carbocycles. The summed E-state index contributed by atoms with van der Waals surface area (Å²) in [6, 6.07) is 11.7. The molecule has 6 aliphatic rings. The summed E-state index contributed by atoms with van der Waals surface area (Å²) < 4.78 is 12.3. The fourth-order valence-corrected chi connectivity index (χ4v) is 12.9. The van der Waals surface area contributed by atoms with Crippen molar-refractivity contribution >= 4 is 28.5 Å². The summed E-state index contributed by atoms with van der Waals surface area (Å²) in [5, 5.41) is 25.7. The summed E-state index contributed by atoms with van der Waals surface area (Å²) in [5.41, 5.74) is 2.35. The van der Waals surface area contributed by atoms with E-state index in [4.69, 9.17) is 15.3 Å². The largest absolute Gasteiger partial charge is 0.496 e. The Morgan fingerprint density at radius 2 is 1.89 bits per heavy atom. The van der Waals surface area contributed by atoms with E-state index in [1.165, 1.54) is 7.11 Å². The number of nitrogens with two attached hydrogens (primary N) is 1. The van der Waals surface area contributed by atoms with Gasteiger partial charge in [-0.3, -0.25) is 24.8 Å². The highest BCUT2D eigenvalue weighted by atomic mass is 16.5. The van der Waals surface area contributed by atoms with Crippen molar-refractivity contribution in [1.29, 1.82) is 0 Å². The van der Waals surface area contributed by atoms with Crippen LogP contribution >= 0.6 is 0 Å². The molecule has 1 unspecified atom stereocenters. The van der Waals surface area contributed by atoms with Gasteiger partial charge in [-0.2, -0.15) is 0 Å². The number of piperidine rings is 1. The molecule has 3 aromatic rings. The van der Waals surface area contributed by atoms with Gasteiger partial charge in [0.05, 0.1) is 25.9 Å². The number of nitrogens with one attached hydrogen (secondary N) is 2. The normalized spacial score (nSPS) is 38.0. The standard InChI is InChI=1S/C42H54N6O6/c1-6-39(51)20-25-21-41(37(50)54-5,33-27(12-16-47(22-25)24-39)26-10-7-8-11-30(26)44-33)29-18-28-31(19-32(29)53-4)46(3)35-40(28)14-17-48-15-9-13-38(2,34(40)48)23-42(35,52)36(49)45-43/h7-11,13,18-19,25,34-35,44,51-52H,6,12,14-17,20-24,43H2,1-5H3,(H,45,49)/t25-,34-,35+,38-,39-,40+,41-,42+/m0/s1. The van der Waals surface area contributed by atoms with Crippen molar-refractivity contribution in [1.82, 2.24) is 20.2 Å². The summed E-state index contributed by atoms with van der Waals surface area (Å²) in [6.07, 6.45) is 7.47. The van der Waals surface area contributed by atoms with Crippen LogP contribution in [0.25, 0.3) is 10.9 Å². The van der Waals surface area contributed by atoms with Gasteiger partial charge in [-0.15, -0.1) is 0 Å². The summed E-state index contributed by atoms with van der Waals surface area (Å²) in [6.45, 7) is 7.83. The van der Waals surface area contributed by atoms with E-state index >= 15 is 4.79 Å². The highest BCUT2D eigenvalue weighted by molar-refractivity contribution is 5.95.